The second-order valence-corrected chi connectivity index (χ2v) is 3.03. The molecule has 0 bridgehead atoms. The summed E-state index contributed by atoms with van der Waals surface area (Å²) in [6, 6.07) is 9.78. The van der Waals surface area contributed by atoms with Gasteiger partial charge in [0.2, 0.25) is 5.91 Å². The van der Waals surface area contributed by atoms with Gasteiger partial charge in [-0.05, 0) is 12.1 Å². The largest absolute Gasteiger partial charge is 0.360 e. The van der Waals surface area contributed by atoms with Crippen molar-refractivity contribution in [1.29, 1.82) is 0 Å². The molecule has 1 aliphatic rings. The molecule has 0 aliphatic carbocycles. The molecule has 0 saturated carbocycles. The van der Waals surface area contributed by atoms with E-state index in [1.807, 2.05) is 30.3 Å². The van der Waals surface area contributed by atoms with Gasteiger partial charge in [-0.15, -0.1) is 0 Å². The van der Waals surface area contributed by atoms with Gasteiger partial charge in [0, 0.05) is 11.9 Å². The Kier molecular flexibility index (Phi) is 2.36. The van der Waals surface area contributed by atoms with Gasteiger partial charge in [-0.3, -0.25) is 10.2 Å². The third-order valence-electron chi connectivity index (χ3n) is 1.90. The highest BCUT2D eigenvalue weighted by Crippen LogP contribution is 2.07. The van der Waals surface area contributed by atoms with E-state index < -0.39 is 0 Å². The highest BCUT2D eigenvalue weighted by molar-refractivity contribution is 5.80. The van der Waals surface area contributed by atoms with Crippen LogP contribution in [-0.2, 0) is 4.79 Å². The number of hydrogen-bond acceptors (Lipinski definition) is 3. The molecule has 4 heteroatoms. The van der Waals surface area contributed by atoms with Crippen molar-refractivity contribution in [3.8, 4) is 0 Å². The summed E-state index contributed by atoms with van der Waals surface area (Å²) in [7, 11) is 0. The van der Waals surface area contributed by atoms with Crippen molar-refractivity contribution in [2.24, 2.45) is 0 Å². The molecule has 1 heterocycles. The molecule has 72 valence electrons. The predicted molar refractivity (Wildman–Crippen MR) is 54.0 cm³/mol. The monoisotopic (exact) mass is 189 g/mol. The number of carbonyl (C=O) groups is 1. The molecule has 0 spiro atoms. The average molecular weight is 189 g/mol. The second kappa shape index (κ2) is 3.83. The van der Waals surface area contributed by atoms with Gasteiger partial charge in [0.25, 0.3) is 0 Å². The fourth-order valence-electron chi connectivity index (χ4n) is 1.20. The maximum absolute atomic E-state index is 10.8. The molecule has 14 heavy (non-hydrogen) atoms. The van der Waals surface area contributed by atoms with E-state index in [2.05, 4.69) is 16.2 Å². The first kappa shape index (κ1) is 8.62. The van der Waals surface area contributed by atoms with Crippen LogP contribution in [0.1, 0.15) is 6.42 Å². The summed E-state index contributed by atoms with van der Waals surface area (Å²) < 4.78 is 0. The molecular weight excluding hydrogens is 178 g/mol. The van der Waals surface area contributed by atoms with Crippen molar-refractivity contribution in [2.75, 3.05) is 5.32 Å². The van der Waals surface area contributed by atoms with E-state index in [0.29, 0.717) is 6.42 Å². The van der Waals surface area contributed by atoms with E-state index >= 15 is 0 Å². The quantitative estimate of drug-likeness (QED) is 0.649. The lowest BCUT2D eigenvalue weighted by Crippen LogP contribution is -2.25. The van der Waals surface area contributed by atoms with Crippen molar-refractivity contribution in [3.63, 3.8) is 0 Å². The fraction of sp³-hybridized carbons (Fsp3) is 0.100. The van der Waals surface area contributed by atoms with Gasteiger partial charge in [-0.2, -0.15) is 0 Å². The highest BCUT2D eigenvalue weighted by Gasteiger charge is 2.12. The maximum Gasteiger partial charge on any atom is 0.244 e. The molecule has 1 aromatic carbocycles. The second-order valence-electron chi connectivity index (χ2n) is 3.03. The Hall–Kier alpha value is -1.97. The summed E-state index contributed by atoms with van der Waals surface area (Å²) in [6.07, 6.45) is 2.19. The molecule has 0 atom stereocenters. The topological polar surface area (TPSA) is 53.2 Å². The minimum absolute atomic E-state index is 0.00823. The molecule has 3 N–H and O–H groups in total. The van der Waals surface area contributed by atoms with E-state index in [9.17, 15) is 4.79 Å². The summed E-state index contributed by atoms with van der Waals surface area (Å²) in [6.45, 7) is 0. The number of anilines is 1. The van der Waals surface area contributed by atoms with E-state index in [0.717, 1.165) is 11.4 Å². The van der Waals surface area contributed by atoms with Crippen LogP contribution in [0, 0.1) is 0 Å². The minimum atomic E-state index is -0.00823. The lowest BCUT2D eigenvalue weighted by Gasteiger charge is -2.01. The lowest BCUT2D eigenvalue weighted by molar-refractivity contribution is -0.119. The number of nitrogens with one attached hydrogen (secondary N) is 3. The predicted octanol–water partition coefficient (Wildman–Crippen LogP) is 0.964. The Morgan fingerprint density at radius 3 is 2.64 bits per heavy atom. The van der Waals surface area contributed by atoms with Crippen LogP contribution in [0.5, 0.6) is 0 Å². The van der Waals surface area contributed by atoms with Crippen LogP contribution in [0.4, 0.5) is 5.69 Å². The summed E-state index contributed by atoms with van der Waals surface area (Å²) in [5.41, 5.74) is 7.13. The van der Waals surface area contributed by atoms with E-state index in [4.69, 9.17) is 0 Å². The fourth-order valence-corrected chi connectivity index (χ4v) is 1.20. The molecule has 0 unspecified atom stereocenters. The number of benzene rings is 1. The number of hydrogen-bond donors (Lipinski definition) is 3. The van der Waals surface area contributed by atoms with Gasteiger partial charge in [-0.25, -0.2) is 0 Å². The first-order valence-electron chi connectivity index (χ1n) is 4.40. The van der Waals surface area contributed by atoms with E-state index in [1.54, 1.807) is 6.20 Å². The molecule has 1 saturated heterocycles. The number of rotatable bonds is 2. The zero-order chi connectivity index (χ0) is 9.80. The molecular formula is C10H11N3O. The maximum atomic E-state index is 10.8. The number of para-hydroxylation sites is 1. The summed E-state index contributed by atoms with van der Waals surface area (Å²) in [5, 5.41) is 3.09. The van der Waals surface area contributed by atoms with Crippen molar-refractivity contribution < 1.29 is 4.79 Å². The Balaban J connectivity index is 1.97. The lowest BCUT2D eigenvalue weighted by atomic mass is 10.3. The summed E-state index contributed by atoms with van der Waals surface area (Å²) in [4.78, 5) is 10.8. The third kappa shape index (κ3) is 2.04. The summed E-state index contributed by atoms with van der Waals surface area (Å²) in [5.74, 6) is -0.00823. The summed E-state index contributed by atoms with van der Waals surface area (Å²) >= 11 is 0. The smallest absolute Gasteiger partial charge is 0.244 e. The van der Waals surface area contributed by atoms with Crippen molar-refractivity contribution in [2.45, 2.75) is 6.42 Å². The zero-order valence-electron chi connectivity index (χ0n) is 7.58. The highest BCUT2D eigenvalue weighted by atomic mass is 16.2. The van der Waals surface area contributed by atoms with E-state index in [1.165, 1.54) is 0 Å². The molecule has 2 rings (SSSR count). The van der Waals surface area contributed by atoms with Crippen LogP contribution in [0.15, 0.2) is 42.2 Å². The Labute approximate surface area is 82.0 Å². The van der Waals surface area contributed by atoms with Crippen molar-refractivity contribution in [1.82, 2.24) is 10.9 Å². The Bertz CT molecular complexity index is 359. The molecule has 0 radical (unpaired) electrons. The number of hydrazine groups is 1. The van der Waals surface area contributed by atoms with Crippen molar-refractivity contribution in [3.05, 3.63) is 42.2 Å². The van der Waals surface area contributed by atoms with Crippen LogP contribution in [0.3, 0.4) is 0 Å². The zero-order valence-corrected chi connectivity index (χ0v) is 7.58. The third-order valence-corrected chi connectivity index (χ3v) is 1.90. The SMILES string of the molecule is O=C1CC(=CNc2ccccc2)NN1. The average Bonchev–Trinajstić information content (AvgIpc) is 2.63. The Morgan fingerprint density at radius 2 is 2.00 bits per heavy atom. The minimum Gasteiger partial charge on any atom is -0.360 e. The number of amides is 1. The number of carbonyl (C=O) groups excluding carboxylic acids is 1. The van der Waals surface area contributed by atoms with Gasteiger partial charge in [0.1, 0.15) is 0 Å². The van der Waals surface area contributed by atoms with Crippen LogP contribution in [0.2, 0.25) is 0 Å². The normalized spacial score (nSPS) is 17.7. The van der Waals surface area contributed by atoms with Crippen molar-refractivity contribution >= 4 is 11.6 Å². The Morgan fingerprint density at radius 1 is 1.21 bits per heavy atom. The first-order valence-corrected chi connectivity index (χ1v) is 4.40. The molecule has 1 fully saturated rings. The molecule has 1 aliphatic heterocycles. The molecule has 1 aromatic rings. The van der Waals surface area contributed by atoms with Gasteiger partial charge < -0.3 is 10.7 Å². The first-order chi connectivity index (χ1) is 6.84. The van der Waals surface area contributed by atoms with Gasteiger partial charge in [0.15, 0.2) is 0 Å². The molecule has 0 aromatic heterocycles. The van der Waals surface area contributed by atoms with Gasteiger partial charge in [-0.1, -0.05) is 18.2 Å². The molecule has 4 nitrogen and oxygen atoms in total. The standard InChI is InChI=1S/C10H11N3O/c14-10-6-9(12-13-10)7-11-8-4-2-1-3-5-8/h1-5,7,11-12H,6H2,(H,13,14). The van der Waals surface area contributed by atoms with Gasteiger partial charge >= 0.3 is 0 Å². The molecule has 1 amide bonds. The van der Waals surface area contributed by atoms with Crippen LogP contribution >= 0.6 is 0 Å². The van der Waals surface area contributed by atoms with Crippen LogP contribution in [-0.4, -0.2) is 5.91 Å². The van der Waals surface area contributed by atoms with Crippen LogP contribution in [0.25, 0.3) is 0 Å². The van der Waals surface area contributed by atoms with Gasteiger partial charge in [0.05, 0.1) is 12.1 Å². The van der Waals surface area contributed by atoms with E-state index in [-0.39, 0.29) is 5.91 Å². The van der Waals surface area contributed by atoms with Crippen LogP contribution < -0.4 is 16.2 Å².